The molecule has 1 amide bonds. The van der Waals surface area contributed by atoms with E-state index in [1.54, 1.807) is 25.4 Å². The number of aryl methyl sites for hydroxylation is 1. The molecule has 0 aliphatic rings. The Morgan fingerprint density at radius 1 is 1.05 bits per heavy atom. The van der Waals surface area contributed by atoms with Crippen molar-refractivity contribution in [3.63, 3.8) is 0 Å². The first-order chi connectivity index (χ1) is 17.7. The maximum absolute atomic E-state index is 13.3. The van der Waals surface area contributed by atoms with Gasteiger partial charge < -0.3 is 15.4 Å². The number of aromatic nitrogens is 2. The zero-order valence-corrected chi connectivity index (χ0v) is 20.7. The lowest BCUT2D eigenvalue weighted by Crippen LogP contribution is -2.15. The Morgan fingerprint density at radius 2 is 1.86 bits per heavy atom. The Morgan fingerprint density at radius 3 is 2.62 bits per heavy atom. The summed E-state index contributed by atoms with van der Waals surface area (Å²) >= 11 is 0. The zero-order valence-electron chi connectivity index (χ0n) is 20.7. The lowest BCUT2D eigenvalue weighted by atomic mass is 9.96. The number of ether oxygens (including phenoxy) is 1. The monoisotopic (exact) mass is 508 g/mol. The molecular weight excluding hydrogens is 481 g/mol. The third kappa shape index (κ3) is 6.06. The largest absolute Gasteiger partial charge is 0.416 e. The summed E-state index contributed by atoms with van der Waals surface area (Å²) in [6.07, 6.45) is -1.91. The van der Waals surface area contributed by atoms with E-state index in [0.717, 1.165) is 40.1 Å². The molecule has 0 aliphatic carbocycles. The van der Waals surface area contributed by atoms with Crippen LogP contribution >= 0.6 is 0 Å². The minimum atomic E-state index is -4.50. The van der Waals surface area contributed by atoms with Crippen molar-refractivity contribution in [3.05, 3.63) is 83.0 Å². The van der Waals surface area contributed by atoms with Crippen molar-refractivity contribution in [1.82, 2.24) is 9.97 Å². The Hall–Kier alpha value is -3.98. The summed E-state index contributed by atoms with van der Waals surface area (Å²) in [5, 5.41) is 6.64. The number of halogens is 3. The van der Waals surface area contributed by atoms with Crippen LogP contribution in [-0.4, -0.2) is 36.1 Å². The smallest absolute Gasteiger partial charge is 0.385 e. The molecule has 0 aliphatic heterocycles. The van der Waals surface area contributed by atoms with Crippen molar-refractivity contribution >= 4 is 28.4 Å². The number of carbonyl (C=O) groups is 1. The molecule has 192 valence electrons. The fraction of sp³-hybridized carbons (Fsp3) is 0.250. The first-order valence-electron chi connectivity index (χ1n) is 11.8. The van der Waals surface area contributed by atoms with Crippen LogP contribution in [0.2, 0.25) is 0 Å². The first kappa shape index (κ1) is 26.1. The van der Waals surface area contributed by atoms with Gasteiger partial charge in [0.05, 0.1) is 11.1 Å². The number of alkyl halides is 3. The number of nitrogens with zero attached hydrogens (tertiary/aromatic N) is 2. The van der Waals surface area contributed by atoms with Gasteiger partial charge in [-0.3, -0.25) is 4.79 Å². The average molecular weight is 509 g/mol. The minimum absolute atomic E-state index is 0.0298. The summed E-state index contributed by atoms with van der Waals surface area (Å²) in [6.45, 7) is 4.63. The molecule has 0 radical (unpaired) electrons. The van der Waals surface area contributed by atoms with Crippen molar-refractivity contribution in [3.8, 4) is 11.1 Å². The number of rotatable bonds is 8. The lowest BCUT2D eigenvalue weighted by Gasteiger charge is -2.15. The summed E-state index contributed by atoms with van der Waals surface area (Å²) in [5.41, 5.74) is 3.08. The van der Waals surface area contributed by atoms with E-state index in [4.69, 9.17) is 4.74 Å². The maximum atomic E-state index is 13.3. The molecule has 0 saturated heterocycles. The summed E-state index contributed by atoms with van der Waals surface area (Å²) < 4.78 is 44.8. The van der Waals surface area contributed by atoms with Crippen molar-refractivity contribution in [1.29, 1.82) is 0 Å². The van der Waals surface area contributed by atoms with Crippen molar-refractivity contribution in [2.45, 2.75) is 26.4 Å². The molecule has 0 fully saturated rings. The molecule has 37 heavy (non-hydrogen) atoms. The quantitative estimate of drug-likeness (QED) is 0.261. The lowest BCUT2D eigenvalue weighted by molar-refractivity contribution is -0.138. The van der Waals surface area contributed by atoms with Gasteiger partial charge in [0.15, 0.2) is 0 Å². The number of hydrogen-bond acceptors (Lipinski definition) is 5. The highest BCUT2D eigenvalue weighted by Gasteiger charge is 2.33. The molecule has 4 aromatic rings. The molecule has 4 rings (SSSR count). The van der Waals surface area contributed by atoms with Crippen LogP contribution in [0.15, 0.2) is 60.8 Å². The third-order valence-electron chi connectivity index (χ3n) is 6.09. The van der Waals surface area contributed by atoms with Crippen LogP contribution < -0.4 is 10.6 Å². The van der Waals surface area contributed by atoms with E-state index in [0.29, 0.717) is 24.7 Å². The van der Waals surface area contributed by atoms with Crippen LogP contribution in [0.5, 0.6) is 0 Å². The van der Waals surface area contributed by atoms with Crippen LogP contribution in [-0.2, 0) is 10.9 Å². The summed E-state index contributed by atoms with van der Waals surface area (Å²) in [5.74, 6) is 0.0491. The highest BCUT2D eigenvalue weighted by atomic mass is 19.4. The number of anilines is 2. The fourth-order valence-electron chi connectivity index (χ4n) is 4.05. The van der Waals surface area contributed by atoms with E-state index in [1.165, 1.54) is 19.1 Å². The maximum Gasteiger partial charge on any atom is 0.416 e. The van der Waals surface area contributed by atoms with E-state index < -0.39 is 17.6 Å². The summed E-state index contributed by atoms with van der Waals surface area (Å²) in [4.78, 5) is 21.9. The molecule has 1 aromatic heterocycles. The molecule has 0 saturated carbocycles. The molecule has 1 heterocycles. The number of amides is 1. The van der Waals surface area contributed by atoms with E-state index >= 15 is 0 Å². The van der Waals surface area contributed by atoms with Gasteiger partial charge >= 0.3 is 6.18 Å². The van der Waals surface area contributed by atoms with Gasteiger partial charge in [0, 0.05) is 43.1 Å². The second-order valence-electron chi connectivity index (χ2n) is 8.70. The number of benzene rings is 3. The molecule has 0 unspecified atom stereocenters. The van der Waals surface area contributed by atoms with Gasteiger partial charge in [0.1, 0.15) is 0 Å². The van der Waals surface area contributed by atoms with Gasteiger partial charge in [0.25, 0.3) is 5.91 Å². The average Bonchev–Trinajstić information content (AvgIpc) is 2.87. The molecule has 9 heteroatoms. The highest BCUT2D eigenvalue weighted by molar-refractivity contribution is 6.05. The van der Waals surface area contributed by atoms with Gasteiger partial charge in [-0.05, 0) is 78.9 Å². The number of hydrogen-bond donors (Lipinski definition) is 2. The number of methoxy groups -OCH3 is 1. The van der Waals surface area contributed by atoms with Crippen LogP contribution in [0.1, 0.15) is 33.5 Å². The minimum Gasteiger partial charge on any atom is -0.385 e. The Bertz CT molecular complexity index is 1440. The predicted molar refractivity (Wildman–Crippen MR) is 139 cm³/mol. The van der Waals surface area contributed by atoms with Crippen LogP contribution in [0, 0.1) is 13.8 Å². The SMILES string of the molecule is COCCCNc1ncc2cc(-c3cc(C(=O)Nc4cccc(C(F)(F)F)c4C)ccc3C)ccc2n1. The molecule has 0 atom stereocenters. The standard InChI is InChI=1S/C28H27F3N4O2/c1-17-8-9-20(26(36)34-24-7-4-6-23(18(24)2)28(29,30)31)15-22(17)19-10-11-25-21(14-19)16-33-27(35-25)32-12-5-13-37-3/h4,6-11,14-16H,5,12-13H2,1-3H3,(H,34,36)(H,32,33,35). The summed E-state index contributed by atoms with van der Waals surface area (Å²) in [7, 11) is 1.66. The van der Waals surface area contributed by atoms with E-state index in [1.807, 2.05) is 31.2 Å². The van der Waals surface area contributed by atoms with E-state index in [2.05, 4.69) is 20.6 Å². The van der Waals surface area contributed by atoms with Crippen LogP contribution in [0.3, 0.4) is 0 Å². The van der Waals surface area contributed by atoms with Crippen LogP contribution in [0.4, 0.5) is 24.8 Å². The third-order valence-corrected chi connectivity index (χ3v) is 6.09. The topological polar surface area (TPSA) is 76.1 Å². The molecule has 0 spiro atoms. The van der Waals surface area contributed by atoms with Gasteiger partial charge in [-0.15, -0.1) is 0 Å². The molecule has 2 N–H and O–H groups in total. The van der Waals surface area contributed by atoms with Crippen molar-refractivity contribution < 1.29 is 22.7 Å². The second kappa shape index (κ2) is 11.0. The molecule has 6 nitrogen and oxygen atoms in total. The van der Waals surface area contributed by atoms with Gasteiger partial charge in [-0.25, -0.2) is 9.97 Å². The van der Waals surface area contributed by atoms with Crippen molar-refractivity contribution in [2.75, 3.05) is 30.9 Å². The summed E-state index contributed by atoms with van der Waals surface area (Å²) in [6, 6.07) is 14.7. The highest BCUT2D eigenvalue weighted by Crippen LogP contribution is 2.35. The van der Waals surface area contributed by atoms with Crippen molar-refractivity contribution in [2.24, 2.45) is 0 Å². The molecular formula is C28H27F3N4O2. The Labute approximate surface area is 212 Å². The van der Waals surface area contributed by atoms with Gasteiger partial charge in [-0.1, -0.05) is 18.2 Å². The number of nitrogens with one attached hydrogen (secondary N) is 2. The number of fused-ring (bicyclic) bond motifs is 1. The Balaban J connectivity index is 1.57. The normalized spacial score (nSPS) is 11.5. The van der Waals surface area contributed by atoms with Crippen LogP contribution in [0.25, 0.3) is 22.0 Å². The Kier molecular flexibility index (Phi) is 7.73. The molecule has 3 aromatic carbocycles. The second-order valence-corrected chi connectivity index (χ2v) is 8.70. The first-order valence-corrected chi connectivity index (χ1v) is 11.8. The zero-order chi connectivity index (χ0) is 26.6. The van der Waals surface area contributed by atoms with Gasteiger partial charge in [0.2, 0.25) is 5.95 Å². The number of carbonyl (C=O) groups excluding carboxylic acids is 1. The molecule has 0 bridgehead atoms. The predicted octanol–water partition coefficient (Wildman–Crippen LogP) is 6.63. The van der Waals surface area contributed by atoms with E-state index in [9.17, 15) is 18.0 Å². The van der Waals surface area contributed by atoms with Gasteiger partial charge in [-0.2, -0.15) is 13.2 Å². The fourth-order valence-corrected chi connectivity index (χ4v) is 4.05. The van der Waals surface area contributed by atoms with E-state index in [-0.39, 0.29) is 11.3 Å².